The van der Waals surface area contributed by atoms with Crippen LogP contribution < -0.4 is 0 Å². The highest BCUT2D eigenvalue weighted by Gasteiger charge is 2.36. The molecule has 1 aromatic heterocycles. The monoisotopic (exact) mass is 741 g/mol. The van der Waals surface area contributed by atoms with Crippen LogP contribution in [-0.2, 0) is 25.2 Å². The maximum Gasteiger partial charge on any atom is 0.342 e. The summed E-state index contributed by atoms with van der Waals surface area (Å²) in [5.74, 6) is -4.40. The molecular weight excluding hydrogens is 718 g/mol. The Morgan fingerprint density at radius 2 is 1.55 bits per heavy atom. The number of aliphatic hydroxyl groups is 1. The van der Waals surface area contributed by atoms with Gasteiger partial charge in [-0.3, -0.25) is 0 Å². The highest BCUT2D eigenvalue weighted by Crippen LogP contribution is 2.48. The predicted molar refractivity (Wildman–Crippen MR) is 185 cm³/mol. The maximum absolute atomic E-state index is 15.8. The third-order valence-corrected chi connectivity index (χ3v) is 10.4. The minimum atomic E-state index is -4.78. The third-order valence-electron chi connectivity index (χ3n) is 8.70. The number of fused-ring (bicyclic) bond motifs is 1. The molecule has 0 aliphatic carbocycles. The van der Waals surface area contributed by atoms with Gasteiger partial charge in [-0.05, 0) is 67.1 Å². The van der Waals surface area contributed by atoms with Gasteiger partial charge in [-0.2, -0.15) is 5.26 Å². The summed E-state index contributed by atoms with van der Waals surface area (Å²) in [7, 11) is -3.80. The fourth-order valence-corrected chi connectivity index (χ4v) is 7.69. The highest BCUT2D eigenvalue weighted by atomic mass is 32.2. The van der Waals surface area contributed by atoms with Gasteiger partial charge in [-0.25, -0.2) is 44.0 Å². The Bertz CT molecular complexity index is 2600. The fraction of sp³-hybridized carbons (Fsp3) is 0.103. The van der Waals surface area contributed by atoms with E-state index in [1.807, 2.05) is 6.07 Å². The van der Waals surface area contributed by atoms with E-state index >= 15 is 13.2 Å². The van der Waals surface area contributed by atoms with Crippen molar-refractivity contribution in [3.8, 4) is 39.6 Å². The van der Waals surface area contributed by atoms with Gasteiger partial charge >= 0.3 is 5.97 Å². The van der Waals surface area contributed by atoms with E-state index in [1.165, 1.54) is 42.5 Å². The predicted octanol–water partition coefficient (Wildman–Crippen LogP) is 9.04. The van der Waals surface area contributed by atoms with E-state index in [4.69, 9.17) is 6.57 Å². The third kappa shape index (κ3) is 6.18. The Hall–Kier alpha value is -6.35. The summed E-state index contributed by atoms with van der Waals surface area (Å²) in [5.41, 5.74) is -4.83. The number of hydrogen-bond acceptors (Lipinski definition) is 6. The van der Waals surface area contributed by atoms with E-state index in [1.54, 1.807) is 0 Å². The summed E-state index contributed by atoms with van der Waals surface area (Å²) in [6.07, 6.45) is -2.90. The summed E-state index contributed by atoms with van der Waals surface area (Å²) in [4.78, 5) is 15.2. The lowest BCUT2D eigenvalue weighted by atomic mass is 9.91. The number of hydrogen-bond donors (Lipinski definition) is 1. The first kappa shape index (κ1) is 36.4. The first-order valence-corrected chi connectivity index (χ1v) is 16.9. The minimum absolute atomic E-state index is 0.0324. The summed E-state index contributed by atoms with van der Waals surface area (Å²) in [6.45, 7) is 8.86. The van der Waals surface area contributed by atoms with Crippen LogP contribution in [0.5, 0.6) is 0 Å². The van der Waals surface area contributed by atoms with Crippen LogP contribution in [0.2, 0.25) is 0 Å². The molecule has 6 rings (SSSR count). The van der Waals surface area contributed by atoms with E-state index < -0.39 is 67.1 Å². The van der Waals surface area contributed by atoms with Crippen molar-refractivity contribution in [2.45, 2.75) is 23.8 Å². The number of nitrogens with zero attached hydrogens (tertiary/aromatic N) is 3. The molecule has 0 fully saturated rings. The molecule has 0 radical (unpaired) electrons. The van der Waals surface area contributed by atoms with E-state index in [0.29, 0.717) is 0 Å². The van der Waals surface area contributed by atoms with Gasteiger partial charge in [0.05, 0.1) is 41.4 Å². The van der Waals surface area contributed by atoms with E-state index in [0.717, 1.165) is 72.6 Å². The number of ether oxygens (including phenoxy) is 1. The first-order valence-electron chi connectivity index (χ1n) is 15.4. The Labute approximate surface area is 299 Å². The van der Waals surface area contributed by atoms with E-state index in [-0.39, 0.29) is 50.1 Å². The number of alkyl halides is 2. The number of benzene rings is 5. The molecule has 266 valence electrons. The molecule has 0 aliphatic heterocycles. The summed E-state index contributed by atoms with van der Waals surface area (Å²) < 4.78 is 108. The molecule has 0 bridgehead atoms. The highest BCUT2D eigenvalue weighted by molar-refractivity contribution is 7.90. The van der Waals surface area contributed by atoms with E-state index in [9.17, 15) is 32.4 Å². The van der Waals surface area contributed by atoms with Gasteiger partial charge in [0.25, 0.3) is 16.4 Å². The van der Waals surface area contributed by atoms with Crippen LogP contribution in [0.3, 0.4) is 0 Å². The maximum atomic E-state index is 15.8. The minimum Gasteiger partial charge on any atom is -0.467 e. The van der Waals surface area contributed by atoms with Crippen molar-refractivity contribution >= 4 is 32.6 Å². The molecule has 0 saturated heterocycles. The molecule has 1 unspecified atom stereocenters. The van der Waals surface area contributed by atoms with Gasteiger partial charge in [0.2, 0.25) is 0 Å². The molecule has 53 heavy (non-hydrogen) atoms. The normalized spacial score (nSPS) is 12.7. The molecule has 14 heteroatoms. The van der Waals surface area contributed by atoms with Crippen molar-refractivity contribution in [2.24, 2.45) is 0 Å². The molecule has 6 aromatic rings. The Morgan fingerprint density at radius 1 is 0.906 bits per heavy atom. The van der Waals surface area contributed by atoms with Crippen molar-refractivity contribution < 1.29 is 45.0 Å². The summed E-state index contributed by atoms with van der Waals surface area (Å²) >= 11 is 0. The van der Waals surface area contributed by atoms with Crippen molar-refractivity contribution in [3.63, 3.8) is 0 Å². The van der Waals surface area contributed by atoms with Gasteiger partial charge in [0.15, 0.2) is 11.3 Å². The van der Waals surface area contributed by atoms with Crippen LogP contribution in [0.15, 0.2) is 102 Å². The number of esters is 1. The van der Waals surface area contributed by atoms with Crippen LogP contribution in [0, 0.1) is 35.4 Å². The Kier molecular flexibility index (Phi) is 9.39. The van der Waals surface area contributed by atoms with Gasteiger partial charge in [0.1, 0.15) is 17.5 Å². The van der Waals surface area contributed by atoms with Crippen LogP contribution >= 0.6 is 0 Å². The van der Waals surface area contributed by atoms with Crippen molar-refractivity contribution in [1.29, 1.82) is 5.26 Å². The lowest BCUT2D eigenvalue weighted by Crippen LogP contribution is -2.33. The number of carbonyl (C=O) groups excluding carboxylic acids is 1. The fourth-order valence-electron chi connectivity index (χ4n) is 6.15. The zero-order valence-electron chi connectivity index (χ0n) is 27.5. The molecule has 8 nitrogen and oxygen atoms in total. The standard InChI is InChI=1S/C39H24F5N3O5S/c1-39(49,38(48)52-3)25-17-29(41)33(30(42)18-25)22-6-4-7-23(16-22)36-35(34-24(20-45)8-5-9-31(34)46-2)28-19-26(40)12-15-32(28)47(36)53(50,51)27-13-10-21(11-14-27)37(43)44/h4-19,37,49H,1,3H3. The molecule has 1 heterocycles. The molecule has 0 amide bonds. The Morgan fingerprint density at radius 3 is 2.15 bits per heavy atom. The second-order valence-corrected chi connectivity index (χ2v) is 13.7. The summed E-state index contributed by atoms with van der Waals surface area (Å²) in [6, 6.07) is 19.9. The number of rotatable bonds is 8. The SMILES string of the molecule is [C-]#[N+]c1cccc(C#N)c1-c1c(-c2cccc(-c3c(F)cc(C(C)(O)C(=O)OC)cc3F)c2)n(S(=O)(=O)c2ccc(C(F)F)cc2)c2ccc(F)cc12. The molecule has 0 saturated carbocycles. The van der Waals surface area contributed by atoms with Gasteiger partial charge in [-0.1, -0.05) is 42.5 Å². The number of aromatic nitrogens is 1. The lowest BCUT2D eigenvalue weighted by molar-refractivity contribution is -0.161. The number of halogens is 5. The number of methoxy groups -OCH3 is 1. The first-order chi connectivity index (χ1) is 25.1. The molecule has 0 aliphatic rings. The van der Waals surface area contributed by atoms with Gasteiger partial charge in [-0.15, -0.1) is 0 Å². The van der Waals surface area contributed by atoms with Crippen molar-refractivity contribution in [2.75, 3.05) is 7.11 Å². The van der Waals surface area contributed by atoms with Gasteiger partial charge in [0, 0.05) is 38.8 Å². The van der Waals surface area contributed by atoms with Crippen LogP contribution in [0.4, 0.5) is 27.6 Å². The molecular formula is C39H24F5N3O5S. The molecule has 5 aromatic carbocycles. The van der Waals surface area contributed by atoms with Crippen LogP contribution in [0.25, 0.3) is 49.3 Å². The number of carbonyl (C=O) groups is 1. The summed E-state index contributed by atoms with van der Waals surface area (Å²) in [5, 5.41) is 20.7. The number of nitriles is 1. The lowest BCUT2D eigenvalue weighted by Gasteiger charge is -2.21. The molecule has 0 spiro atoms. The smallest absolute Gasteiger partial charge is 0.342 e. The van der Waals surface area contributed by atoms with Crippen LogP contribution in [-0.4, -0.2) is 30.6 Å². The Balaban J connectivity index is 1.73. The van der Waals surface area contributed by atoms with Gasteiger partial charge < -0.3 is 9.84 Å². The van der Waals surface area contributed by atoms with Crippen LogP contribution in [0.1, 0.15) is 30.0 Å². The quantitative estimate of drug-likeness (QED) is 0.0947. The molecule has 1 atom stereocenters. The average Bonchev–Trinajstić information content (AvgIpc) is 3.48. The average molecular weight is 742 g/mol. The van der Waals surface area contributed by atoms with E-state index in [2.05, 4.69) is 9.58 Å². The second kappa shape index (κ2) is 13.7. The zero-order chi connectivity index (χ0) is 38.4. The largest absolute Gasteiger partial charge is 0.467 e. The second-order valence-electron chi connectivity index (χ2n) is 11.9. The van der Waals surface area contributed by atoms with Crippen molar-refractivity contribution in [3.05, 3.63) is 143 Å². The van der Waals surface area contributed by atoms with Crippen molar-refractivity contribution in [1.82, 2.24) is 3.97 Å². The molecule has 1 N–H and O–H groups in total. The zero-order valence-corrected chi connectivity index (χ0v) is 28.4. The topological polar surface area (TPSA) is 114 Å².